The minimum Gasteiger partial charge on any atom is -0.480 e. The molecule has 0 saturated carbocycles. The van der Waals surface area contributed by atoms with Crippen LogP contribution < -0.4 is 0 Å². The highest BCUT2D eigenvalue weighted by Gasteiger charge is 2.40. The lowest BCUT2D eigenvalue weighted by Crippen LogP contribution is -2.36. The van der Waals surface area contributed by atoms with Crippen molar-refractivity contribution in [2.45, 2.75) is 39.5 Å². The molecule has 0 amide bonds. The molecule has 0 saturated heterocycles. The zero-order valence-corrected chi connectivity index (χ0v) is 10.1. The van der Waals surface area contributed by atoms with Crippen LogP contribution in [0.25, 0.3) is 0 Å². The van der Waals surface area contributed by atoms with Crippen LogP contribution in [0.3, 0.4) is 0 Å². The zero-order chi connectivity index (χ0) is 13.5. The Morgan fingerprint density at radius 3 is 2.00 bits per heavy atom. The number of hydrogen-bond donors (Lipinski definition) is 2. The number of esters is 1. The summed E-state index contributed by atoms with van der Waals surface area (Å²) < 4.78 is 4.70. The molecular formula is C11H18O6. The Labute approximate surface area is 99.6 Å². The molecule has 0 rings (SSSR count). The highest BCUT2D eigenvalue weighted by atomic mass is 16.5. The molecule has 0 spiro atoms. The van der Waals surface area contributed by atoms with E-state index in [1.165, 1.54) is 13.8 Å². The second kappa shape index (κ2) is 6.88. The van der Waals surface area contributed by atoms with Gasteiger partial charge in [0.15, 0.2) is 5.41 Å². The van der Waals surface area contributed by atoms with E-state index in [9.17, 15) is 14.4 Å². The summed E-state index contributed by atoms with van der Waals surface area (Å²) in [4.78, 5) is 32.1. The SMILES string of the molecule is CC(=O)OCCCCCC(C)(C(=O)O)C(=O)O. The average molecular weight is 246 g/mol. The second-order valence-corrected chi connectivity index (χ2v) is 4.09. The number of aliphatic carboxylic acids is 2. The molecule has 0 aliphatic heterocycles. The molecule has 6 heteroatoms. The molecule has 0 atom stereocenters. The average Bonchev–Trinajstić information content (AvgIpc) is 2.21. The summed E-state index contributed by atoms with van der Waals surface area (Å²) in [6.45, 7) is 2.79. The molecule has 0 aliphatic carbocycles. The lowest BCUT2D eigenvalue weighted by Gasteiger charge is -2.19. The Hall–Kier alpha value is -1.59. The number of carbonyl (C=O) groups is 3. The predicted octanol–water partition coefficient (Wildman–Crippen LogP) is 1.29. The summed E-state index contributed by atoms with van der Waals surface area (Å²) in [5.41, 5.74) is -1.73. The van der Waals surface area contributed by atoms with Crippen LogP contribution in [0.4, 0.5) is 0 Å². The van der Waals surface area contributed by atoms with E-state index in [0.717, 1.165) is 0 Å². The van der Waals surface area contributed by atoms with E-state index < -0.39 is 17.4 Å². The largest absolute Gasteiger partial charge is 0.480 e. The molecule has 0 unspecified atom stereocenters. The van der Waals surface area contributed by atoms with E-state index in [0.29, 0.717) is 19.3 Å². The van der Waals surface area contributed by atoms with Crippen LogP contribution in [0.1, 0.15) is 39.5 Å². The van der Waals surface area contributed by atoms with Gasteiger partial charge in [0.25, 0.3) is 0 Å². The van der Waals surface area contributed by atoms with Crippen LogP contribution in [0, 0.1) is 5.41 Å². The molecular weight excluding hydrogens is 228 g/mol. The molecule has 0 aromatic heterocycles. The van der Waals surface area contributed by atoms with Crippen LogP contribution in [0.15, 0.2) is 0 Å². The molecule has 0 fully saturated rings. The number of hydrogen-bond acceptors (Lipinski definition) is 4. The minimum absolute atomic E-state index is 0.0672. The standard InChI is InChI=1S/C11H18O6/c1-8(12)17-7-5-3-4-6-11(2,9(13)14)10(15)16/h3-7H2,1-2H3,(H,13,14)(H,15,16). The van der Waals surface area contributed by atoms with Gasteiger partial charge in [0.05, 0.1) is 6.61 Å². The van der Waals surface area contributed by atoms with Crippen molar-refractivity contribution in [3.05, 3.63) is 0 Å². The van der Waals surface area contributed by atoms with Gasteiger partial charge >= 0.3 is 17.9 Å². The van der Waals surface area contributed by atoms with Gasteiger partial charge in [0.1, 0.15) is 0 Å². The summed E-state index contributed by atoms with van der Waals surface area (Å²) in [6, 6.07) is 0. The maximum Gasteiger partial charge on any atom is 0.320 e. The van der Waals surface area contributed by atoms with Crippen molar-refractivity contribution < 1.29 is 29.3 Å². The van der Waals surface area contributed by atoms with Crippen molar-refractivity contribution in [2.75, 3.05) is 6.61 Å². The van der Waals surface area contributed by atoms with E-state index >= 15 is 0 Å². The van der Waals surface area contributed by atoms with E-state index in [2.05, 4.69) is 0 Å². The fourth-order valence-corrected chi connectivity index (χ4v) is 1.28. The third kappa shape index (κ3) is 5.33. The van der Waals surface area contributed by atoms with Crippen molar-refractivity contribution in [3.63, 3.8) is 0 Å². The van der Waals surface area contributed by atoms with Crippen LogP contribution in [0.5, 0.6) is 0 Å². The fraction of sp³-hybridized carbons (Fsp3) is 0.727. The lowest BCUT2D eigenvalue weighted by atomic mass is 9.85. The maximum atomic E-state index is 10.8. The first-order valence-electron chi connectivity index (χ1n) is 5.41. The number of carboxylic acids is 2. The molecule has 0 aromatic rings. The predicted molar refractivity (Wildman–Crippen MR) is 58.5 cm³/mol. The fourth-order valence-electron chi connectivity index (χ4n) is 1.28. The first kappa shape index (κ1) is 15.4. The Kier molecular flexibility index (Phi) is 6.23. The topological polar surface area (TPSA) is 101 Å². The van der Waals surface area contributed by atoms with Crippen LogP contribution >= 0.6 is 0 Å². The maximum absolute atomic E-state index is 10.8. The molecule has 0 aliphatic rings. The van der Waals surface area contributed by atoms with Gasteiger partial charge < -0.3 is 14.9 Å². The normalized spacial score (nSPS) is 10.9. The van der Waals surface area contributed by atoms with Crippen molar-refractivity contribution in [1.82, 2.24) is 0 Å². The minimum atomic E-state index is -1.73. The molecule has 0 heterocycles. The van der Waals surface area contributed by atoms with Gasteiger partial charge in [-0.1, -0.05) is 12.8 Å². The van der Waals surface area contributed by atoms with E-state index in [1.54, 1.807) is 0 Å². The van der Waals surface area contributed by atoms with Crippen LogP contribution in [-0.2, 0) is 19.1 Å². The van der Waals surface area contributed by atoms with E-state index in [-0.39, 0.29) is 19.0 Å². The van der Waals surface area contributed by atoms with Gasteiger partial charge in [-0.15, -0.1) is 0 Å². The van der Waals surface area contributed by atoms with Crippen molar-refractivity contribution >= 4 is 17.9 Å². The van der Waals surface area contributed by atoms with E-state index in [1.807, 2.05) is 0 Å². The Bertz CT molecular complexity index is 282. The first-order chi connectivity index (χ1) is 7.80. The second-order valence-electron chi connectivity index (χ2n) is 4.09. The number of carboxylic acid groups (broad SMARTS) is 2. The van der Waals surface area contributed by atoms with Gasteiger partial charge in [-0.3, -0.25) is 14.4 Å². The molecule has 0 radical (unpaired) electrons. The van der Waals surface area contributed by atoms with E-state index in [4.69, 9.17) is 14.9 Å². The quantitative estimate of drug-likeness (QED) is 0.380. The molecule has 0 bridgehead atoms. The molecule has 98 valence electrons. The Balaban J connectivity index is 3.89. The summed E-state index contributed by atoms with van der Waals surface area (Å²) in [7, 11) is 0. The number of rotatable bonds is 8. The Morgan fingerprint density at radius 1 is 1.06 bits per heavy atom. The third-order valence-electron chi connectivity index (χ3n) is 2.57. The smallest absolute Gasteiger partial charge is 0.320 e. The summed E-state index contributed by atoms with van der Waals surface area (Å²) >= 11 is 0. The van der Waals surface area contributed by atoms with Gasteiger partial charge in [-0.25, -0.2) is 0 Å². The van der Waals surface area contributed by atoms with Crippen molar-refractivity contribution in [1.29, 1.82) is 0 Å². The summed E-state index contributed by atoms with van der Waals surface area (Å²) in [5, 5.41) is 17.7. The summed E-state index contributed by atoms with van der Waals surface area (Å²) in [6.07, 6.45) is 1.77. The molecule has 6 nitrogen and oxygen atoms in total. The number of carbonyl (C=O) groups excluding carboxylic acids is 1. The van der Waals surface area contributed by atoms with Crippen molar-refractivity contribution in [3.8, 4) is 0 Å². The van der Waals surface area contributed by atoms with Gasteiger partial charge in [0, 0.05) is 6.92 Å². The zero-order valence-electron chi connectivity index (χ0n) is 10.1. The first-order valence-corrected chi connectivity index (χ1v) is 5.41. The third-order valence-corrected chi connectivity index (χ3v) is 2.57. The molecule has 2 N–H and O–H groups in total. The van der Waals surface area contributed by atoms with Crippen molar-refractivity contribution in [2.24, 2.45) is 5.41 Å². The summed E-state index contributed by atoms with van der Waals surface area (Å²) in [5.74, 6) is -3.01. The van der Waals surface area contributed by atoms with Gasteiger partial charge in [0.2, 0.25) is 0 Å². The van der Waals surface area contributed by atoms with Gasteiger partial charge in [-0.2, -0.15) is 0 Å². The van der Waals surface area contributed by atoms with Crippen LogP contribution in [0.2, 0.25) is 0 Å². The molecule has 0 aromatic carbocycles. The number of unbranched alkanes of at least 4 members (excludes halogenated alkanes) is 2. The van der Waals surface area contributed by atoms with Crippen LogP contribution in [-0.4, -0.2) is 34.7 Å². The molecule has 17 heavy (non-hydrogen) atoms. The lowest BCUT2D eigenvalue weighted by molar-refractivity contribution is -0.163. The Morgan fingerprint density at radius 2 is 1.59 bits per heavy atom. The highest BCUT2D eigenvalue weighted by molar-refractivity contribution is 5.97. The van der Waals surface area contributed by atoms with Gasteiger partial charge in [-0.05, 0) is 19.8 Å². The number of ether oxygens (including phenoxy) is 1. The highest BCUT2D eigenvalue weighted by Crippen LogP contribution is 2.25. The monoisotopic (exact) mass is 246 g/mol.